The average molecular weight is 417 g/mol. The summed E-state index contributed by atoms with van der Waals surface area (Å²) in [6, 6.07) is 15.6. The zero-order chi connectivity index (χ0) is 17.8. The number of hydrogen-bond donors (Lipinski definition) is 1. The maximum atomic E-state index is 12.5. The molecule has 2 amide bonds. The lowest BCUT2D eigenvalue weighted by Crippen LogP contribution is -2.33. The highest BCUT2D eigenvalue weighted by Gasteiger charge is 2.34. The van der Waals surface area contributed by atoms with Crippen LogP contribution in [0.4, 0.5) is 10.5 Å². The van der Waals surface area contributed by atoms with Gasteiger partial charge < -0.3 is 5.32 Å². The highest BCUT2D eigenvalue weighted by Crippen LogP contribution is 2.32. The van der Waals surface area contributed by atoms with Crippen molar-refractivity contribution >= 4 is 50.6 Å². The molecule has 2 aromatic rings. The highest BCUT2D eigenvalue weighted by molar-refractivity contribution is 9.10. The molecule has 1 heterocycles. The topological polar surface area (TPSA) is 49.4 Å². The summed E-state index contributed by atoms with van der Waals surface area (Å²) in [6.45, 7) is 2.26. The van der Waals surface area contributed by atoms with Gasteiger partial charge in [-0.25, -0.2) is 0 Å². The molecule has 25 heavy (non-hydrogen) atoms. The molecule has 0 aliphatic carbocycles. The van der Waals surface area contributed by atoms with E-state index in [1.807, 2.05) is 48.5 Å². The van der Waals surface area contributed by atoms with Gasteiger partial charge in [-0.1, -0.05) is 47.1 Å². The molecule has 0 bridgehead atoms. The van der Waals surface area contributed by atoms with Crippen molar-refractivity contribution in [3.05, 3.63) is 69.0 Å². The molecular formula is C19H17BrN2O2S. The second-order valence-electron chi connectivity index (χ2n) is 5.55. The molecule has 0 atom stereocenters. The fourth-order valence-electron chi connectivity index (χ4n) is 2.41. The van der Waals surface area contributed by atoms with Gasteiger partial charge in [-0.15, -0.1) is 0 Å². The number of rotatable bonds is 5. The van der Waals surface area contributed by atoms with Crippen molar-refractivity contribution in [1.82, 2.24) is 4.90 Å². The van der Waals surface area contributed by atoms with Crippen LogP contribution < -0.4 is 5.32 Å². The van der Waals surface area contributed by atoms with E-state index in [1.165, 1.54) is 10.5 Å². The van der Waals surface area contributed by atoms with Crippen LogP contribution in [0.25, 0.3) is 6.08 Å². The van der Waals surface area contributed by atoms with E-state index in [4.69, 9.17) is 0 Å². The van der Waals surface area contributed by atoms with E-state index in [1.54, 1.807) is 6.08 Å². The number of hydrogen-bond acceptors (Lipinski definition) is 4. The second kappa shape index (κ2) is 7.89. The summed E-state index contributed by atoms with van der Waals surface area (Å²) in [7, 11) is 0. The number of halogens is 1. The Bertz CT molecular complexity index is 834. The normalized spacial score (nSPS) is 15.9. The van der Waals surface area contributed by atoms with Crippen molar-refractivity contribution in [2.75, 3.05) is 12.0 Å². The Morgan fingerprint density at radius 2 is 1.92 bits per heavy atom. The van der Waals surface area contributed by atoms with Crippen LogP contribution in [0, 0.1) is 0 Å². The van der Waals surface area contributed by atoms with Gasteiger partial charge in [-0.2, -0.15) is 0 Å². The van der Waals surface area contributed by atoms with Crippen LogP contribution in [0.3, 0.4) is 0 Å². The fraction of sp³-hybridized carbons (Fsp3) is 0.158. The first-order valence-corrected chi connectivity index (χ1v) is 9.51. The number of carbonyl (C=O) groups excluding carboxylic acids is 2. The minimum Gasteiger partial charge on any atom is -0.367 e. The summed E-state index contributed by atoms with van der Waals surface area (Å²) in [5, 5.41) is 2.87. The summed E-state index contributed by atoms with van der Waals surface area (Å²) in [5.41, 5.74) is 3.00. The first kappa shape index (κ1) is 17.8. The number of nitrogens with zero attached hydrogens (tertiary/aromatic N) is 1. The van der Waals surface area contributed by atoms with Gasteiger partial charge in [0.25, 0.3) is 11.1 Å². The van der Waals surface area contributed by atoms with Gasteiger partial charge in [0.2, 0.25) is 0 Å². The van der Waals surface area contributed by atoms with Crippen molar-refractivity contribution in [3.8, 4) is 0 Å². The molecule has 1 aliphatic heterocycles. The third kappa shape index (κ3) is 4.32. The largest absolute Gasteiger partial charge is 0.367 e. The molecule has 0 spiro atoms. The first-order chi connectivity index (χ1) is 12.1. The molecule has 4 nitrogen and oxygen atoms in total. The lowest BCUT2D eigenvalue weighted by Gasteiger charge is -2.14. The van der Waals surface area contributed by atoms with Gasteiger partial charge in [0.1, 0.15) is 0 Å². The van der Waals surface area contributed by atoms with E-state index in [0.29, 0.717) is 4.91 Å². The molecule has 0 unspecified atom stereocenters. The molecule has 1 saturated heterocycles. The van der Waals surface area contributed by atoms with Crippen molar-refractivity contribution in [3.63, 3.8) is 0 Å². The van der Waals surface area contributed by atoms with Crippen LogP contribution in [0.15, 0.2) is 57.9 Å². The highest BCUT2D eigenvalue weighted by atomic mass is 79.9. The standard InChI is InChI=1S/C19H17BrN2O2S/c1-2-13-6-8-16(9-7-13)21-12-22-18(23)17(25-19(22)24)11-14-4-3-5-15(20)10-14/h3-11,21H,2,12H2,1H3. The van der Waals surface area contributed by atoms with Crippen molar-refractivity contribution in [2.45, 2.75) is 13.3 Å². The number of nitrogens with one attached hydrogen (secondary N) is 1. The average Bonchev–Trinajstić information content (AvgIpc) is 2.87. The van der Waals surface area contributed by atoms with Crippen LogP contribution in [0.1, 0.15) is 18.1 Å². The van der Waals surface area contributed by atoms with E-state index >= 15 is 0 Å². The number of thioether (sulfide) groups is 1. The minimum atomic E-state index is -0.271. The maximum Gasteiger partial charge on any atom is 0.295 e. The second-order valence-corrected chi connectivity index (χ2v) is 7.46. The Hall–Kier alpha value is -2.05. The van der Waals surface area contributed by atoms with Gasteiger partial charge in [-0.3, -0.25) is 14.5 Å². The summed E-state index contributed by atoms with van der Waals surface area (Å²) in [4.78, 5) is 26.3. The molecule has 128 valence electrons. The van der Waals surface area contributed by atoms with Crippen LogP contribution in [-0.2, 0) is 11.2 Å². The van der Waals surface area contributed by atoms with E-state index in [0.717, 1.165) is 33.9 Å². The predicted molar refractivity (Wildman–Crippen MR) is 106 cm³/mol. The van der Waals surface area contributed by atoms with E-state index in [-0.39, 0.29) is 17.8 Å². The van der Waals surface area contributed by atoms with Gasteiger partial charge in [0, 0.05) is 10.2 Å². The summed E-state index contributed by atoms with van der Waals surface area (Å²) >= 11 is 4.37. The molecule has 0 aromatic heterocycles. The zero-order valence-electron chi connectivity index (χ0n) is 13.7. The van der Waals surface area contributed by atoms with Crippen LogP contribution >= 0.6 is 27.7 Å². The lowest BCUT2D eigenvalue weighted by molar-refractivity contribution is -0.122. The number of benzene rings is 2. The van der Waals surface area contributed by atoms with Crippen LogP contribution in [-0.4, -0.2) is 22.7 Å². The van der Waals surface area contributed by atoms with Crippen molar-refractivity contribution in [1.29, 1.82) is 0 Å². The first-order valence-electron chi connectivity index (χ1n) is 7.90. The number of amides is 2. The minimum absolute atomic E-state index is 0.159. The fourth-order valence-corrected chi connectivity index (χ4v) is 3.67. The Morgan fingerprint density at radius 1 is 1.16 bits per heavy atom. The third-order valence-corrected chi connectivity index (χ3v) is 5.22. The number of imide groups is 1. The third-order valence-electron chi connectivity index (χ3n) is 3.82. The summed E-state index contributed by atoms with van der Waals surface area (Å²) < 4.78 is 0.928. The molecule has 1 aliphatic rings. The number of anilines is 1. The van der Waals surface area contributed by atoms with E-state index in [2.05, 4.69) is 28.2 Å². The summed E-state index contributed by atoms with van der Waals surface area (Å²) in [6.07, 6.45) is 2.72. The Balaban J connectivity index is 1.68. The van der Waals surface area contributed by atoms with Crippen molar-refractivity contribution in [2.24, 2.45) is 0 Å². The van der Waals surface area contributed by atoms with Gasteiger partial charge >= 0.3 is 0 Å². The molecule has 0 saturated carbocycles. The number of aryl methyl sites for hydroxylation is 1. The summed E-state index contributed by atoms with van der Waals surface area (Å²) in [5.74, 6) is -0.271. The lowest BCUT2D eigenvalue weighted by atomic mass is 10.1. The maximum absolute atomic E-state index is 12.5. The molecule has 0 radical (unpaired) electrons. The van der Waals surface area contributed by atoms with Gasteiger partial charge in [-0.05, 0) is 59.7 Å². The molecule has 2 aromatic carbocycles. The monoisotopic (exact) mass is 416 g/mol. The molecule has 6 heteroatoms. The molecular weight excluding hydrogens is 400 g/mol. The van der Waals surface area contributed by atoms with Gasteiger partial charge in [0.05, 0.1) is 11.6 Å². The smallest absolute Gasteiger partial charge is 0.295 e. The van der Waals surface area contributed by atoms with Crippen molar-refractivity contribution < 1.29 is 9.59 Å². The van der Waals surface area contributed by atoms with E-state index in [9.17, 15) is 9.59 Å². The van der Waals surface area contributed by atoms with Crippen LogP contribution in [0.2, 0.25) is 0 Å². The Morgan fingerprint density at radius 3 is 2.60 bits per heavy atom. The van der Waals surface area contributed by atoms with E-state index < -0.39 is 0 Å². The Kier molecular flexibility index (Phi) is 5.60. The molecule has 1 fully saturated rings. The molecule has 1 N–H and O–H groups in total. The zero-order valence-corrected chi connectivity index (χ0v) is 16.1. The molecule has 3 rings (SSSR count). The Labute approximate surface area is 159 Å². The van der Waals surface area contributed by atoms with Crippen LogP contribution in [0.5, 0.6) is 0 Å². The number of carbonyl (C=O) groups is 2. The predicted octanol–water partition coefficient (Wildman–Crippen LogP) is 5.12. The van der Waals surface area contributed by atoms with Gasteiger partial charge in [0.15, 0.2) is 0 Å². The quantitative estimate of drug-likeness (QED) is 0.687. The SMILES string of the molecule is CCc1ccc(NCN2C(=O)SC(=Cc3cccc(Br)c3)C2=O)cc1.